The fourth-order valence-electron chi connectivity index (χ4n) is 2.65. The van der Waals surface area contributed by atoms with Crippen molar-refractivity contribution < 1.29 is 5.11 Å². The number of aliphatic hydroxyl groups excluding tert-OH is 1. The topological polar surface area (TPSA) is 32.3 Å². The maximum Gasteiger partial charge on any atom is 0.0613 e. The standard InChI is InChI=1S/C12H25NO/c1-3-11-6-5-8-12(10-14,9-7-11)13-4-2/h11,13-14H,3-10H2,1-2H3. The molecule has 0 amide bonds. The Labute approximate surface area is 88.1 Å². The molecule has 2 N–H and O–H groups in total. The molecule has 0 aliphatic heterocycles. The molecule has 1 saturated carbocycles. The van der Waals surface area contributed by atoms with E-state index >= 15 is 0 Å². The molecule has 2 atom stereocenters. The van der Waals surface area contributed by atoms with Gasteiger partial charge in [0, 0.05) is 5.54 Å². The predicted molar refractivity (Wildman–Crippen MR) is 60.4 cm³/mol. The van der Waals surface area contributed by atoms with Gasteiger partial charge < -0.3 is 10.4 Å². The fourth-order valence-corrected chi connectivity index (χ4v) is 2.65. The van der Waals surface area contributed by atoms with Crippen LogP contribution >= 0.6 is 0 Å². The molecule has 14 heavy (non-hydrogen) atoms. The van der Waals surface area contributed by atoms with Crippen molar-refractivity contribution in [1.29, 1.82) is 0 Å². The number of hydrogen-bond acceptors (Lipinski definition) is 2. The lowest BCUT2D eigenvalue weighted by Gasteiger charge is -2.31. The Balaban J connectivity index is 2.52. The summed E-state index contributed by atoms with van der Waals surface area (Å²) in [5, 5.41) is 13.0. The van der Waals surface area contributed by atoms with Crippen molar-refractivity contribution >= 4 is 0 Å². The predicted octanol–water partition coefficient (Wildman–Crippen LogP) is 2.32. The Hall–Kier alpha value is -0.0800. The van der Waals surface area contributed by atoms with Crippen LogP contribution < -0.4 is 5.32 Å². The molecule has 1 aliphatic carbocycles. The van der Waals surface area contributed by atoms with E-state index in [-0.39, 0.29) is 5.54 Å². The molecule has 1 fully saturated rings. The van der Waals surface area contributed by atoms with Gasteiger partial charge in [0.2, 0.25) is 0 Å². The van der Waals surface area contributed by atoms with E-state index in [0.717, 1.165) is 25.3 Å². The lowest BCUT2D eigenvalue weighted by molar-refractivity contribution is 0.144. The molecule has 2 unspecified atom stereocenters. The van der Waals surface area contributed by atoms with Crippen molar-refractivity contribution in [3.63, 3.8) is 0 Å². The van der Waals surface area contributed by atoms with Crippen LogP contribution in [0.4, 0.5) is 0 Å². The van der Waals surface area contributed by atoms with Gasteiger partial charge in [0.1, 0.15) is 0 Å². The Morgan fingerprint density at radius 2 is 2.07 bits per heavy atom. The molecule has 2 nitrogen and oxygen atoms in total. The molecule has 0 saturated heterocycles. The number of nitrogens with one attached hydrogen (secondary N) is 1. The van der Waals surface area contributed by atoms with E-state index in [1.807, 2.05) is 0 Å². The monoisotopic (exact) mass is 199 g/mol. The van der Waals surface area contributed by atoms with Crippen LogP contribution in [0.15, 0.2) is 0 Å². The summed E-state index contributed by atoms with van der Waals surface area (Å²) in [5.41, 5.74) is 0.0403. The minimum Gasteiger partial charge on any atom is -0.394 e. The lowest BCUT2D eigenvalue weighted by Crippen LogP contribution is -2.48. The molecule has 0 radical (unpaired) electrons. The first-order valence-electron chi connectivity index (χ1n) is 6.12. The highest BCUT2D eigenvalue weighted by Crippen LogP contribution is 2.31. The van der Waals surface area contributed by atoms with Crippen molar-refractivity contribution in [2.24, 2.45) is 5.92 Å². The normalized spacial score (nSPS) is 34.1. The van der Waals surface area contributed by atoms with Gasteiger partial charge in [0.15, 0.2) is 0 Å². The minimum absolute atomic E-state index is 0.0403. The number of rotatable bonds is 4. The summed E-state index contributed by atoms with van der Waals surface area (Å²) in [6.07, 6.45) is 7.50. The first-order valence-corrected chi connectivity index (χ1v) is 6.12. The fraction of sp³-hybridized carbons (Fsp3) is 1.00. The molecule has 0 aromatic heterocycles. The highest BCUT2D eigenvalue weighted by Gasteiger charge is 2.30. The first-order chi connectivity index (χ1) is 6.76. The van der Waals surface area contributed by atoms with Crippen molar-refractivity contribution in [2.75, 3.05) is 13.2 Å². The summed E-state index contributed by atoms with van der Waals surface area (Å²) in [5.74, 6) is 0.891. The van der Waals surface area contributed by atoms with Gasteiger partial charge in [0.05, 0.1) is 6.61 Å². The van der Waals surface area contributed by atoms with Gasteiger partial charge in [-0.1, -0.05) is 33.1 Å². The smallest absolute Gasteiger partial charge is 0.0613 e. The molecule has 84 valence electrons. The Bertz CT molecular complexity index is 160. The minimum atomic E-state index is 0.0403. The summed E-state index contributed by atoms with van der Waals surface area (Å²) in [4.78, 5) is 0. The third-order valence-electron chi connectivity index (χ3n) is 3.73. The van der Waals surface area contributed by atoms with Gasteiger partial charge in [-0.15, -0.1) is 0 Å². The average molecular weight is 199 g/mol. The average Bonchev–Trinajstić information content (AvgIpc) is 2.42. The summed E-state index contributed by atoms with van der Waals surface area (Å²) < 4.78 is 0. The summed E-state index contributed by atoms with van der Waals surface area (Å²) in [7, 11) is 0. The highest BCUT2D eigenvalue weighted by molar-refractivity contribution is 4.90. The largest absolute Gasteiger partial charge is 0.394 e. The molecular weight excluding hydrogens is 174 g/mol. The third-order valence-corrected chi connectivity index (χ3v) is 3.73. The Morgan fingerprint density at radius 1 is 1.29 bits per heavy atom. The van der Waals surface area contributed by atoms with Gasteiger partial charge in [-0.05, 0) is 31.7 Å². The van der Waals surface area contributed by atoms with Crippen LogP contribution in [-0.4, -0.2) is 23.8 Å². The number of aliphatic hydroxyl groups is 1. The molecule has 0 bridgehead atoms. The van der Waals surface area contributed by atoms with Gasteiger partial charge in [-0.3, -0.25) is 0 Å². The van der Waals surface area contributed by atoms with Crippen LogP contribution in [0.25, 0.3) is 0 Å². The van der Waals surface area contributed by atoms with Crippen LogP contribution in [-0.2, 0) is 0 Å². The van der Waals surface area contributed by atoms with Crippen molar-refractivity contribution in [2.45, 2.75) is 57.9 Å². The second-order valence-corrected chi connectivity index (χ2v) is 4.67. The third kappa shape index (κ3) is 2.96. The van der Waals surface area contributed by atoms with Crippen molar-refractivity contribution in [3.8, 4) is 0 Å². The zero-order valence-corrected chi connectivity index (χ0v) is 9.68. The van der Waals surface area contributed by atoms with Crippen LogP contribution in [0.2, 0.25) is 0 Å². The maximum absolute atomic E-state index is 9.49. The SMILES string of the molecule is CCNC1(CO)CCCC(CC)CC1. The zero-order chi connectivity index (χ0) is 10.4. The molecule has 0 heterocycles. The molecule has 0 spiro atoms. The number of likely N-dealkylation sites (N-methyl/N-ethyl adjacent to an activating group) is 1. The van der Waals surface area contributed by atoms with E-state index in [4.69, 9.17) is 0 Å². The van der Waals surface area contributed by atoms with E-state index in [2.05, 4.69) is 19.2 Å². The molecule has 0 aromatic rings. The van der Waals surface area contributed by atoms with Crippen LogP contribution in [0.5, 0.6) is 0 Å². The van der Waals surface area contributed by atoms with Gasteiger partial charge in [-0.2, -0.15) is 0 Å². The molecule has 1 aliphatic rings. The van der Waals surface area contributed by atoms with Crippen LogP contribution in [0, 0.1) is 5.92 Å². The molecule has 0 aromatic carbocycles. The summed E-state index contributed by atoms with van der Waals surface area (Å²) in [6, 6.07) is 0. The van der Waals surface area contributed by atoms with E-state index in [0.29, 0.717) is 6.61 Å². The lowest BCUT2D eigenvalue weighted by atomic mass is 9.90. The van der Waals surface area contributed by atoms with Crippen LogP contribution in [0.1, 0.15) is 52.4 Å². The van der Waals surface area contributed by atoms with Gasteiger partial charge in [0.25, 0.3) is 0 Å². The van der Waals surface area contributed by atoms with E-state index in [1.54, 1.807) is 0 Å². The summed E-state index contributed by atoms with van der Waals surface area (Å²) >= 11 is 0. The quantitative estimate of drug-likeness (QED) is 0.681. The molecule has 1 rings (SSSR count). The van der Waals surface area contributed by atoms with Gasteiger partial charge >= 0.3 is 0 Å². The molecular formula is C12H25NO. The summed E-state index contributed by atoms with van der Waals surface area (Å²) in [6.45, 7) is 5.68. The Kier molecular flexibility index (Phi) is 4.90. The van der Waals surface area contributed by atoms with Gasteiger partial charge in [-0.25, -0.2) is 0 Å². The first kappa shape index (κ1) is 12.0. The second kappa shape index (κ2) is 5.72. The van der Waals surface area contributed by atoms with E-state index < -0.39 is 0 Å². The highest BCUT2D eigenvalue weighted by atomic mass is 16.3. The molecule has 2 heteroatoms. The maximum atomic E-state index is 9.49. The Morgan fingerprint density at radius 3 is 2.64 bits per heavy atom. The van der Waals surface area contributed by atoms with E-state index in [1.165, 1.54) is 25.7 Å². The van der Waals surface area contributed by atoms with Crippen molar-refractivity contribution in [3.05, 3.63) is 0 Å². The second-order valence-electron chi connectivity index (χ2n) is 4.67. The zero-order valence-electron chi connectivity index (χ0n) is 9.68. The van der Waals surface area contributed by atoms with Crippen molar-refractivity contribution in [1.82, 2.24) is 5.32 Å². The van der Waals surface area contributed by atoms with E-state index in [9.17, 15) is 5.11 Å². The number of hydrogen-bond donors (Lipinski definition) is 2. The van der Waals surface area contributed by atoms with Crippen LogP contribution in [0.3, 0.4) is 0 Å².